The molecule has 1 amide bonds. The van der Waals surface area contributed by atoms with Crippen LogP contribution in [-0.4, -0.2) is 38.4 Å². The molecule has 1 aliphatic rings. The van der Waals surface area contributed by atoms with Gasteiger partial charge < -0.3 is 10.6 Å². The molecule has 2 rings (SSSR count). The summed E-state index contributed by atoms with van der Waals surface area (Å²) < 4.78 is 24.0. The van der Waals surface area contributed by atoms with Crippen LogP contribution in [0.4, 0.5) is 0 Å². The summed E-state index contributed by atoms with van der Waals surface area (Å²) >= 11 is 3.46. The second-order valence-corrected chi connectivity index (χ2v) is 8.36. The maximum atomic E-state index is 12.1. The normalized spacial score (nSPS) is 22.5. The molecule has 0 saturated carbocycles. The van der Waals surface area contributed by atoms with Crippen molar-refractivity contribution in [2.75, 3.05) is 18.1 Å². The molecule has 0 aliphatic carbocycles. The fourth-order valence-corrected chi connectivity index (χ4v) is 4.50. The Morgan fingerprint density at radius 2 is 2.19 bits per heavy atom. The van der Waals surface area contributed by atoms with Crippen molar-refractivity contribution in [1.29, 1.82) is 0 Å². The average molecular weight is 375 g/mol. The maximum absolute atomic E-state index is 12.1. The molecule has 1 aliphatic heterocycles. The van der Waals surface area contributed by atoms with Gasteiger partial charge in [-0.15, -0.1) is 0 Å². The monoisotopic (exact) mass is 374 g/mol. The van der Waals surface area contributed by atoms with Gasteiger partial charge in [-0.2, -0.15) is 0 Å². The third-order valence-electron chi connectivity index (χ3n) is 3.48. The molecule has 2 N–H and O–H groups in total. The van der Waals surface area contributed by atoms with Crippen LogP contribution in [0.5, 0.6) is 0 Å². The fraction of sp³-hybridized carbons (Fsp3) is 0.500. The summed E-state index contributed by atoms with van der Waals surface area (Å²) in [5, 5.41) is 5.99. The smallest absolute Gasteiger partial charge is 0.222 e. The highest BCUT2D eigenvalue weighted by Gasteiger charge is 2.26. The van der Waals surface area contributed by atoms with Crippen LogP contribution in [0.25, 0.3) is 0 Å². The summed E-state index contributed by atoms with van der Waals surface area (Å²) in [6.07, 6.45) is 0.175. The number of carbonyl (C=O) groups excluding carboxylic acids is 1. The van der Waals surface area contributed by atoms with Gasteiger partial charge >= 0.3 is 0 Å². The second-order valence-electron chi connectivity index (χ2n) is 5.28. The van der Waals surface area contributed by atoms with Crippen LogP contribution in [0.15, 0.2) is 28.7 Å². The van der Waals surface area contributed by atoms with Crippen molar-refractivity contribution in [3.05, 3.63) is 34.3 Å². The van der Waals surface area contributed by atoms with Crippen LogP contribution in [-0.2, 0) is 14.6 Å². The first-order valence-corrected chi connectivity index (χ1v) is 9.46. The van der Waals surface area contributed by atoms with Crippen molar-refractivity contribution in [3.63, 3.8) is 0 Å². The zero-order chi connectivity index (χ0) is 15.5. The Morgan fingerprint density at radius 3 is 2.86 bits per heavy atom. The van der Waals surface area contributed by atoms with E-state index in [0.29, 0.717) is 6.54 Å². The van der Waals surface area contributed by atoms with Crippen LogP contribution in [0.2, 0.25) is 0 Å². The van der Waals surface area contributed by atoms with E-state index >= 15 is 0 Å². The molecule has 1 unspecified atom stereocenters. The highest BCUT2D eigenvalue weighted by atomic mass is 79.9. The third-order valence-corrected chi connectivity index (χ3v) is 5.94. The summed E-state index contributed by atoms with van der Waals surface area (Å²) in [5.74, 6) is 0.0373. The van der Waals surface area contributed by atoms with Crippen molar-refractivity contribution < 1.29 is 13.2 Å². The summed E-state index contributed by atoms with van der Waals surface area (Å²) in [6, 6.07) is 7.27. The Bertz CT molecular complexity index is 618. The lowest BCUT2D eigenvalue weighted by atomic mass is 10.1. The highest BCUT2D eigenvalue weighted by Crippen LogP contribution is 2.22. The number of carbonyl (C=O) groups is 1. The van der Waals surface area contributed by atoms with Gasteiger partial charge in [-0.1, -0.05) is 34.1 Å². The molecule has 2 atom stereocenters. The van der Waals surface area contributed by atoms with Crippen LogP contribution < -0.4 is 10.6 Å². The standard InChI is InChI=1S/C14H19BrN2O3S/c1-10(12-4-2-3-5-13(12)15)17-14(18)8-11-9-21(19,20)7-6-16-11/h2-5,10-11,16H,6-9H2,1H3,(H,17,18)/t10-,11?/m1/s1. The zero-order valence-corrected chi connectivity index (χ0v) is 14.2. The van der Waals surface area contributed by atoms with Gasteiger partial charge in [0.1, 0.15) is 0 Å². The second kappa shape index (κ2) is 6.89. The molecule has 0 aromatic heterocycles. The first kappa shape index (κ1) is 16.5. The lowest BCUT2D eigenvalue weighted by molar-refractivity contribution is -0.122. The van der Waals surface area contributed by atoms with Gasteiger partial charge in [0.15, 0.2) is 9.84 Å². The lowest BCUT2D eigenvalue weighted by Gasteiger charge is -2.24. The molecule has 0 spiro atoms. The summed E-state index contributed by atoms with van der Waals surface area (Å²) in [4.78, 5) is 12.1. The molecule has 1 fully saturated rings. The van der Waals surface area contributed by atoms with Crippen LogP contribution in [0, 0.1) is 0 Å². The molecule has 1 heterocycles. The molecule has 21 heavy (non-hydrogen) atoms. The number of benzene rings is 1. The Morgan fingerprint density at radius 1 is 1.48 bits per heavy atom. The number of halogens is 1. The van der Waals surface area contributed by atoms with Gasteiger partial charge in [-0.05, 0) is 18.6 Å². The van der Waals surface area contributed by atoms with Gasteiger partial charge in [-0.25, -0.2) is 8.42 Å². The average Bonchev–Trinajstić information content (AvgIpc) is 2.37. The molecule has 5 nitrogen and oxygen atoms in total. The number of hydrogen-bond acceptors (Lipinski definition) is 4. The van der Waals surface area contributed by atoms with E-state index in [1.807, 2.05) is 31.2 Å². The van der Waals surface area contributed by atoms with E-state index in [1.165, 1.54) is 0 Å². The molecule has 116 valence electrons. The molecule has 0 radical (unpaired) electrons. The highest BCUT2D eigenvalue weighted by molar-refractivity contribution is 9.10. The number of hydrogen-bond donors (Lipinski definition) is 2. The Labute approximate surface area is 133 Å². The van der Waals surface area contributed by atoms with E-state index in [0.717, 1.165) is 10.0 Å². The van der Waals surface area contributed by atoms with Crippen molar-refractivity contribution >= 4 is 31.7 Å². The molecule has 1 aromatic carbocycles. The fourth-order valence-electron chi connectivity index (χ4n) is 2.43. The summed E-state index contributed by atoms with van der Waals surface area (Å²) in [7, 11) is -3.01. The van der Waals surface area contributed by atoms with E-state index in [2.05, 4.69) is 26.6 Å². The van der Waals surface area contributed by atoms with Crippen molar-refractivity contribution in [1.82, 2.24) is 10.6 Å². The lowest BCUT2D eigenvalue weighted by Crippen LogP contribution is -2.47. The predicted octanol–water partition coefficient (Wildman–Crippen LogP) is 1.40. The molecular weight excluding hydrogens is 356 g/mol. The number of nitrogens with one attached hydrogen (secondary N) is 2. The number of sulfone groups is 1. The summed E-state index contributed by atoms with van der Waals surface area (Å²) in [5.41, 5.74) is 0.995. The van der Waals surface area contributed by atoms with Gasteiger partial charge in [0.2, 0.25) is 5.91 Å². The van der Waals surface area contributed by atoms with Gasteiger partial charge in [0, 0.05) is 23.5 Å². The number of amides is 1. The zero-order valence-electron chi connectivity index (χ0n) is 11.8. The Kier molecular flexibility index (Phi) is 5.40. The van der Waals surface area contributed by atoms with Gasteiger partial charge in [0.25, 0.3) is 0 Å². The van der Waals surface area contributed by atoms with E-state index in [1.54, 1.807) is 0 Å². The molecule has 7 heteroatoms. The van der Waals surface area contributed by atoms with Crippen molar-refractivity contribution in [2.24, 2.45) is 0 Å². The SMILES string of the molecule is C[C@@H](NC(=O)CC1CS(=O)(=O)CCN1)c1ccccc1Br. The number of rotatable bonds is 4. The quantitative estimate of drug-likeness (QED) is 0.835. The first-order chi connectivity index (χ1) is 9.87. The van der Waals surface area contributed by atoms with Crippen molar-refractivity contribution in [3.8, 4) is 0 Å². The van der Waals surface area contributed by atoms with Crippen LogP contribution in [0.3, 0.4) is 0 Å². The van der Waals surface area contributed by atoms with Gasteiger partial charge in [-0.3, -0.25) is 4.79 Å². The Balaban J connectivity index is 1.91. The minimum Gasteiger partial charge on any atom is -0.349 e. The van der Waals surface area contributed by atoms with E-state index in [4.69, 9.17) is 0 Å². The molecule has 1 aromatic rings. The van der Waals surface area contributed by atoms with Gasteiger partial charge in [0.05, 0.1) is 17.5 Å². The van der Waals surface area contributed by atoms with E-state index in [9.17, 15) is 13.2 Å². The molecule has 1 saturated heterocycles. The Hall–Kier alpha value is -0.920. The molecule has 0 bridgehead atoms. The third kappa shape index (κ3) is 4.79. The van der Waals surface area contributed by atoms with E-state index < -0.39 is 9.84 Å². The predicted molar refractivity (Wildman–Crippen MR) is 85.8 cm³/mol. The minimum atomic E-state index is -3.01. The van der Waals surface area contributed by atoms with E-state index in [-0.39, 0.29) is 35.9 Å². The van der Waals surface area contributed by atoms with Crippen molar-refractivity contribution in [2.45, 2.75) is 25.4 Å². The largest absolute Gasteiger partial charge is 0.349 e. The van der Waals surface area contributed by atoms with Crippen LogP contribution >= 0.6 is 15.9 Å². The first-order valence-electron chi connectivity index (χ1n) is 6.85. The maximum Gasteiger partial charge on any atom is 0.222 e. The topological polar surface area (TPSA) is 75.3 Å². The van der Waals surface area contributed by atoms with Crippen LogP contribution in [0.1, 0.15) is 24.9 Å². The molecular formula is C14H19BrN2O3S. The minimum absolute atomic E-state index is 0.0316. The summed E-state index contributed by atoms with van der Waals surface area (Å²) in [6.45, 7) is 2.32.